The number of rotatable bonds is 12. The molecule has 186 valence electrons. The van der Waals surface area contributed by atoms with Gasteiger partial charge in [0.05, 0.1) is 12.2 Å². The van der Waals surface area contributed by atoms with Crippen molar-refractivity contribution in [2.24, 2.45) is 5.92 Å². The minimum atomic E-state index is -0.593. The lowest BCUT2D eigenvalue weighted by molar-refractivity contribution is -0.147. The predicted molar refractivity (Wildman–Crippen MR) is 130 cm³/mol. The first-order valence-electron chi connectivity index (χ1n) is 11.3. The van der Waals surface area contributed by atoms with Gasteiger partial charge in [0.1, 0.15) is 0 Å². The molecule has 2 aromatic carbocycles. The van der Waals surface area contributed by atoms with Crippen LogP contribution in [0, 0.1) is 5.92 Å². The lowest BCUT2D eigenvalue weighted by Gasteiger charge is -2.09. The van der Waals surface area contributed by atoms with Gasteiger partial charge in [-0.1, -0.05) is 13.8 Å². The molecule has 9 heteroatoms. The van der Waals surface area contributed by atoms with Crippen molar-refractivity contribution in [1.82, 2.24) is 0 Å². The van der Waals surface area contributed by atoms with Crippen LogP contribution in [0.25, 0.3) is 0 Å². The molecule has 35 heavy (non-hydrogen) atoms. The number of carbonyl (C=O) groups excluding carboxylic acids is 5. The molecule has 0 aliphatic rings. The highest BCUT2D eigenvalue weighted by molar-refractivity contribution is 5.96. The Balaban J connectivity index is 1.64. The zero-order valence-corrected chi connectivity index (χ0v) is 20.1. The van der Waals surface area contributed by atoms with E-state index in [2.05, 4.69) is 10.6 Å². The second-order valence-corrected chi connectivity index (χ2v) is 8.31. The van der Waals surface area contributed by atoms with E-state index in [9.17, 15) is 24.0 Å². The molecular formula is C26H30N2O7. The maximum atomic E-state index is 12.1. The van der Waals surface area contributed by atoms with Crippen LogP contribution in [0.5, 0.6) is 0 Å². The fourth-order valence-electron chi connectivity index (χ4n) is 2.84. The summed E-state index contributed by atoms with van der Waals surface area (Å²) in [5, 5.41) is 5.26. The van der Waals surface area contributed by atoms with Crippen molar-refractivity contribution in [1.29, 1.82) is 0 Å². The number of ketones is 1. The van der Waals surface area contributed by atoms with Crippen molar-refractivity contribution >= 4 is 40.9 Å². The summed E-state index contributed by atoms with van der Waals surface area (Å²) in [5.74, 6) is -1.66. The number of hydrogen-bond donors (Lipinski definition) is 2. The lowest BCUT2D eigenvalue weighted by atomic mass is 10.1. The standard InChI is InChI=1S/C26H30N2O7/c1-17(2)15-35-26(33)20-9-13-21(14-10-20)27-23(30)5-4-6-25(32)34-16-24(31)28-22-11-7-19(8-12-22)18(3)29/h7-14,17H,4-6,15-16H2,1-3H3,(H,27,30)(H,28,31). The van der Waals surface area contributed by atoms with E-state index < -0.39 is 24.5 Å². The molecule has 0 spiro atoms. The van der Waals surface area contributed by atoms with E-state index in [4.69, 9.17) is 9.47 Å². The highest BCUT2D eigenvalue weighted by Crippen LogP contribution is 2.13. The minimum absolute atomic E-state index is 0.0192. The first kappa shape index (κ1) is 27.2. The topological polar surface area (TPSA) is 128 Å². The van der Waals surface area contributed by atoms with E-state index in [0.29, 0.717) is 29.1 Å². The Hall–Kier alpha value is -4.01. The van der Waals surface area contributed by atoms with Gasteiger partial charge in [-0.15, -0.1) is 0 Å². The van der Waals surface area contributed by atoms with Crippen molar-refractivity contribution < 1.29 is 33.4 Å². The van der Waals surface area contributed by atoms with E-state index >= 15 is 0 Å². The summed E-state index contributed by atoms with van der Waals surface area (Å²) in [7, 11) is 0. The van der Waals surface area contributed by atoms with Crippen molar-refractivity contribution in [2.45, 2.75) is 40.0 Å². The summed E-state index contributed by atoms with van der Waals surface area (Å²) in [5.41, 5.74) is 1.92. The number of benzene rings is 2. The van der Waals surface area contributed by atoms with Gasteiger partial charge in [0.15, 0.2) is 12.4 Å². The molecule has 2 N–H and O–H groups in total. The van der Waals surface area contributed by atoms with Crippen LogP contribution in [0.1, 0.15) is 60.7 Å². The first-order chi connectivity index (χ1) is 16.6. The van der Waals surface area contributed by atoms with Crippen molar-refractivity contribution in [3.63, 3.8) is 0 Å². The average Bonchev–Trinajstić information content (AvgIpc) is 2.82. The summed E-state index contributed by atoms with van der Waals surface area (Å²) in [6.45, 7) is 5.22. The van der Waals surface area contributed by atoms with E-state index in [1.807, 2.05) is 13.8 Å². The molecule has 0 saturated carbocycles. The number of nitrogens with one attached hydrogen (secondary N) is 2. The zero-order chi connectivity index (χ0) is 25.8. The average molecular weight is 483 g/mol. The number of Topliss-reactive ketones (excluding diaryl/α,β-unsaturated/α-hetero) is 1. The SMILES string of the molecule is CC(=O)c1ccc(NC(=O)COC(=O)CCCC(=O)Nc2ccc(C(=O)OCC(C)C)cc2)cc1. The Morgan fingerprint density at radius 1 is 0.743 bits per heavy atom. The van der Waals surface area contributed by atoms with Crippen LogP contribution in [0.3, 0.4) is 0 Å². The molecule has 0 aliphatic heterocycles. The number of ether oxygens (including phenoxy) is 2. The summed E-state index contributed by atoms with van der Waals surface area (Å²) in [4.78, 5) is 59.0. The fraction of sp³-hybridized carbons (Fsp3) is 0.346. The first-order valence-corrected chi connectivity index (χ1v) is 11.3. The number of carbonyl (C=O) groups is 5. The highest BCUT2D eigenvalue weighted by Gasteiger charge is 2.11. The van der Waals surface area contributed by atoms with Gasteiger partial charge < -0.3 is 20.1 Å². The van der Waals surface area contributed by atoms with Gasteiger partial charge in [0.2, 0.25) is 5.91 Å². The summed E-state index contributed by atoms with van der Waals surface area (Å²) in [6, 6.07) is 12.7. The summed E-state index contributed by atoms with van der Waals surface area (Å²) >= 11 is 0. The summed E-state index contributed by atoms with van der Waals surface area (Å²) in [6.07, 6.45) is 0.315. The van der Waals surface area contributed by atoms with E-state index in [0.717, 1.165) is 0 Å². The fourth-order valence-corrected chi connectivity index (χ4v) is 2.84. The van der Waals surface area contributed by atoms with E-state index in [1.165, 1.54) is 6.92 Å². The molecular weight excluding hydrogens is 452 g/mol. The molecule has 0 radical (unpaired) electrons. The Morgan fingerprint density at radius 3 is 1.83 bits per heavy atom. The largest absolute Gasteiger partial charge is 0.462 e. The normalized spacial score (nSPS) is 10.4. The van der Waals surface area contributed by atoms with Crippen molar-refractivity contribution in [3.8, 4) is 0 Å². The van der Waals surface area contributed by atoms with Crippen LogP contribution in [-0.2, 0) is 23.9 Å². The van der Waals surface area contributed by atoms with Gasteiger partial charge in [-0.2, -0.15) is 0 Å². The maximum Gasteiger partial charge on any atom is 0.338 e. The maximum absolute atomic E-state index is 12.1. The Morgan fingerprint density at radius 2 is 1.29 bits per heavy atom. The van der Waals surface area contributed by atoms with Crippen molar-refractivity contribution in [2.75, 3.05) is 23.8 Å². The number of amides is 2. The lowest BCUT2D eigenvalue weighted by Crippen LogP contribution is -2.21. The smallest absolute Gasteiger partial charge is 0.338 e. The van der Waals surface area contributed by atoms with Gasteiger partial charge in [-0.25, -0.2) is 4.79 Å². The molecule has 2 aromatic rings. The number of anilines is 2. The van der Waals surface area contributed by atoms with Crippen LogP contribution in [0.15, 0.2) is 48.5 Å². The van der Waals surface area contributed by atoms with Gasteiger partial charge in [0.25, 0.3) is 5.91 Å². The van der Waals surface area contributed by atoms with Gasteiger partial charge >= 0.3 is 11.9 Å². The molecule has 0 fully saturated rings. The molecule has 0 bridgehead atoms. The third kappa shape index (κ3) is 10.2. The van der Waals surface area contributed by atoms with Crippen LogP contribution in [0.4, 0.5) is 11.4 Å². The second-order valence-electron chi connectivity index (χ2n) is 8.31. The molecule has 0 aromatic heterocycles. The molecule has 9 nitrogen and oxygen atoms in total. The van der Waals surface area contributed by atoms with Crippen LogP contribution >= 0.6 is 0 Å². The van der Waals surface area contributed by atoms with Gasteiger partial charge in [-0.05, 0) is 67.8 Å². The quantitative estimate of drug-likeness (QED) is 0.346. The van der Waals surface area contributed by atoms with Crippen LogP contribution in [-0.4, -0.2) is 42.7 Å². The van der Waals surface area contributed by atoms with Crippen LogP contribution in [0.2, 0.25) is 0 Å². The highest BCUT2D eigenvalue weighted by atomic mass is 16.5. The third-order valence-corrected chi connectivity index (χ3v) is 4.68. The second kappa shape index (κ2) is 13.6. The Labute approximate surface area is 204 Å². The molecule has 0 heterocycles. The van der Waals surface area contributed by atoms with Crippen molar-refractivity contribution in [3.05, 3.63) is 59.7 Å². The van der Waals surface area contributed by atoms with Gasteiger partial charge in [-0.3, -0.25) is 19.2 Å². The number of esters is 2. The van der Waals surface area contributed by atoms with E-state index in [1.54, 1.807) is 48.5 Å². The Kier molecular flexibility index (Phi) is 10.6. The molecule has 0 aliphatic carbocycles. The molecule has 0 atom stereocenters. The molecule has 2 rings (SSSR count). The van der Waals surface area contributed by atoms with E-state index in [-0.39, 0.29) is 36.9 Å². The third-order valence-electron chi connectivity index (χ3n) is 4.68. The monoisotopic (exact) mass is 482 g/mol. The Bertz CT molecular complexity index is 1040. The molecule has 2 amide bonds. The van der Waals surface area contributed by atoms with Gasteiger partial charge in [0, 0.05) is 29.8 Å². The van der Waals surface area contributed by atoms with Crippen LogP contribution < -0.4 is 10.6 Å². The molecule has 0 unspecified atom stereocenters. The molecule has 0 saturated heterocycles. The number of hydrogen-bond acceptors (Lipinski definition) is 7. The zero-order valence-electron chi connectivity index (χ0n) is 20.1. The predicted octanol–water partition coefficient (Wildman–Crippen LogP) is 3.99. The summed E-state index contributed by atoms with van der Waals surface area (Å²) < 4.78 is 10.1. The minimum Gasteiger partial charge on any atom is -0.462 e.